The molecular formula is C20H23ClF3N5O4Si. The van der Waals surface area contributed by atoms with E-state index in [1.54, 1.807) is 0 Å². The molecule has 14 heteroatoms. The summed E-state index contributed by atoms with van der Waals surface area (Å²) in [5.41, 5.74) is -1.29. The molecule has 0 radical (unpaired) electrons. The number of ether oxygens (including phenoxy) is 2. The van der Waals surface area contributed by atoms with Crippen molar-refractivity contribution in [2.75, 3.05) is 24.8 Å². The van der Waals surface area contributed by atoms with E-state index < -0.39 is 38.4 Å². The van der Waals surface area contributed by atoms with Gasteiger partial charge in [0.05, 0.1) is 18.0 Å². The van der Waals surface area contributed by atoms with Crippen LogP contribution < -0.4 is 9.64 Å². The fraction of sp³-hybridized carbons (Fsp3) is 0.450. The summed E-state index contributed by atoms with van der Waals surface area (Å²) in [6.45, 7) is 6.09. The molecule has 2 aromatic rings. The standard InChI is InChI=1S/C20H23ClF3N5O4Si/c1-34(2,3)7-6-32-12-29-16(30)10-28(19(29)31)18-26-8-13(9-27-18)33-11-14-15(20(22,23)24)4-5-25-17(14)21/h4-5,8-9H,6-7,10-12H2,1-3H3. The fourth-order valence-electron chi connectivity index (χ4n) is 2.91. The number of carbonyl (C=O) groups is 2. The molecule has 3 heterocycles. The molecule has 0 aliphatic carbocycles. The second kappa shape index (κ2) is 10.2. The Morgan fingerprint density at radius 3 is 2.44 bits per heavy atom. The first-order chi connectivity index (χ1) is 15.9. The van der Waals surface area contributed by atoms with Crippen LogP contribution in [0.4, 0.5) is 23.9 Å². The minimum absolute atomic E-state index is 0.0429. The molecule has 0 aromatic carbocycles. The van der Waals surface area contributed by atoms with Crippen molar-refractivity contribution in [2.24, 2.45) is 0 Å². The maximum absolute atomic E-state index is 13.2. The number of urea groups is 1. The van der Waals surface area contributed by atoms with E-state index >= 15 is 0 Å². The van der Waals surface area contributed by atoms with Gasteiger partial charge in [-0.25, -0.2) is 24.6 Å². The van der Waals surface area contributed by atoms with Gasteiger partial charge in [0.15, 0.2) is 5.75 Å². The largest absolute Gasteiger partial charge is 0.486 e. The molecule has 0 atom stereocenters. The first-order valence-electron chi connectivity index (χ1n) is 10.2. The zero-order valence-electron chi connectivity index (χ0n) is 18.7. The monoisotopic (exact) mass is 517 g/mol. The van der Waals surface area contributed by atoms with E-state index in [-0.39, 0.29) is 35.7 Å². The minimum Gasteiger partial charge on any atom is -0.486 e. The summed E-state index contributed by atoms with van der Waals surface area (Å²) in [5.74, 6) is -0.458. The Hall–Kier alpha value is -2.77. The van der Waals surface area contributed by atoms with Crippen LogP contribution in [0.25, 0.3) is 0 Å². The van der Waals surface area contributed by atoms with Crippen molar-refractivity contribution in [1.29, 1.82) is 0 Å². The molecule has 2 aromatic heterocycles. The number of imide groups is 1. The van der Waals surface area contributed by atoms with Crippen LogP contribution in [-0.2, 0) is 22.3 Å². The zero-order chi connectivity index (χ0) is 25.1. The lowest BCUT2D eigenvalue weighted by molar-refractivity contribution is -0.138. The molecule has 34 heavy (non-hydrogen) atoms. The second-order valence-electron chi connectivity index (χ2n) is 8.67. The summed E-state index contributed by atoms with van der Waals surface area (Å²) in [7, 11) is -1.31. The molecule has 1 aliphatic heterocycles. The van der Waals surface area contributed by atoms with Gasteiger partial charge in [-0.1, -0.05) is 31.2 Å². The number of amides is 3. The molecule has 0 spiro atoms. The Labute approximate surface area is 199 Å². The molecule has 3 amide bonds. The number of anilines is 1. The Morgan fingerprint density at radius 1 is 1.15 bits per heavy atom. The normalized spacial score (nSPS) is 14.8. The third-order valence-electron chi connectivity index (χ3n) is 4.82. The quantitative estimate of drug-likeness (QED) is 0.213. The Bertz CT molecular complexity index is 1050. The summed E-state index contributed by atoms with van der Waals surface area (Å²) in [6, 6.07) is 1.08. The van der Waals surface area contributed by atoms with Crippen molar-refractivity contribution in [3.63, 3.8) is 0 Å². The number of aromatic nitrogens is 3. The van der Waals surface area contributed by atoms with Gasteiger partial charge in [-0.2, -0.15) is 13.2 Å². The number of hydrogen-bond donors (Lipinski definition) is 0. The second-order valence-corrected chi connectivity index (χ2v) is 14.7. The Kier molecular flexibility index (Phi) is 7.78. The number of pyridine rings is 1. The minimum atomic E-state index is -4.63. The van der Waals surface area contributed by atoms with Crippen molar-refractivity contribution in [1.82, 2.24) is 19.9 Å². The first kappa shape index (κ1) is 25.8. The third kappa shape index (κ3) is 6.42. The molecule has 0 saturated carbocycles. The zero-order valence-corrected chi connectivity index (χ0v) is 20.5. The lowest BCUT2D eigenvalue weighted by Crippen LogP contribution is -2.36. The van der Waals surface area contributed by atoms with Gasteiger partial charge in [-0.3, -0.25) is 9.69 Å². The van der Waals surface area contributed by atoms with E-state index in [1.807, 2.05) is 0 Å². The van der Waals surface area contributed by atoms with Gasteiger partial charge in [-0.15, -0.1) is 0 Å². The number of alkyl halides is 3. The lowest BCUT2D eigenvalue weighted by Gasteiger charge is -2.18. The van der Waals surface area contributed by atoms with Crippen LogP contribution in [0.3, 0.4) is 0 Å². The molecular weight excluding hydrogens is 495 g/mol. The average molecular weight is 518 g/mol. The van der Waals surface area contributed by atoms with E-state index in [0.717, 1.165) is 28.1 Å². The van der Waals surface area contributed by atoms with Crippen LogP contribution in [0.1, 0.15) is 11.1 Å². The van der Waals surface area contributed by atoms with Crippen molar-refractivity contribution >= 4 is 37.6 Å². The SMILES string of the molecule is C[Si](C)(C)CCOCN1C(=O)CN(c2ncc(OCc3c(C(F)(F)F)ccnc3Cl)cn2)C1=O. The molecule has 1 saturated heterocycles. The number of nitrogens with zero attached hydrogens (tertiary/aromatic N) is 5. The summed E-state index contributed by atoms with van der Waals surface area (Å²) in [4.78, 5) is 38.5. The third-order valence-corrected chi connectivity index (χ3v) is 6.85. The summed E-state index contributed by atoms with van der Waals surface area (Å²) in [6.07, 6.45) is -1.30. The molecule has 0 unspecified atom stereocenters. The summed E-state index contributed by atoms with van der Waals surface area (Å²) in [5, 5.41) is -0.333. The number of hydrogen-bond acceptors (Lipinski definition) is 7. The predicted molar refractivity (Wildman–Crippen MR) is 119 cm³/mol. The first-order valence-corrected chi connectivity index (χ1v) is 14.3. The van der Waals surface area contributed by atoms with Crippen molar-refractivity contribution in [3.8, 4) is 5.75 Å². The smallest absolute Gasteiger partial charge is 0.416 e. The van der Waals surface area contributed by atoms with Gasteiger partial charge in [-0.05, 0) is 12.1 Å². The number of rotatable bonds is 9. The summed E-state index contributed by atoms with van der Waals surface area (Å²) < 4.78 is 50.4. The molecule has 1 fully saturated rings. The van der Waals surface area contributed by atoms with E-state index in [1.165, 1.54) is 12.4 Å². The highest BCUT2D eigenvalue weighted by atomic mass is 35.5. The molecule has 3 rings (SSSR count). The van der Waals surface area contributed by atoms with Crippen LogP contribution in [0.2, 0.25) is 30.8 Å². The highest BCUT2D eigenvalue weighted by molar-refractivity contribution is 6.76. The topological polar surface area (TPSA) is 97.8 Å². The lowest BCUT2D eigenvalue weighted by atomic mass is 10.1. The van der Waals surface area contributed by atoms with Crippen molar-refractivity contribution < 1.29 is 32.2 Å². The van der Waals surface area contributed by atoms with Crippen LogP contribution in [-0.4, -0.2) is 59.7 Å². The van der Waals surface area contributed by atoms with Gasteiger partial charge >= 0.3 is 12.2 Å². The maximum atomic E-state index is 13.2. The molecule has 1 aliphatic rings. The van der Waals surface area contributed by atoms with Gasteiger partial charge in [0.1, 0.15) is 25.0 Å². The molecule has 184 valence electrons. The highest BCUT2D eigenvalue weighted by Crippen LogP contribution is 2.34. The fourth-order valence-corrected chi connectivity index (χ4v) is 3.88. The Balaban J connectivity index is 1.61. The van der Waals surface area contributed by atoms with Crippen LogP contribution in [0, 0.1) is 0 Å². The van der Waals surface area contributed by atoms with Gasteiger partial charge in [0.25, 0.3) is 5.91 Å². The van der Waals surface area contributed by atoms with Crippen LogP contribution >= 0.6 is 11.6 Å². The van der Waals surface area contributed by atoms with Gasteiger partial charge < -0.3 is 9.47 Å². The van der Waals surface area contributed by atoms with Crippen LogP contribution in [0.5, 0.6) is 5.75 Å². The summed E-state index contributed by atoms with van der Waals surface area (Å²) >= 11 is 5.81. The van der Waals surface area contributed by atoms with Gasteiger partial charge in [0, 0.05) is 26.4 Å². The number of halogens is 4. The average Bonchev–Trinajstić information content (AvgIpc) is 3.03. The van der Waals surface area contributed by atoms with E-state index in [9.17, 15) is 22.8 Å². The van der Waals surface area contributed by atoms with E-state index in [0.29, 0.717) is 6.61 Å². The Morgan fingerprint density at radius 2 is 1.82 bits per heavy atom. The highest BCUT2D eigenvalue weighted by Gasteiger charge is 2.38. The molecule has 0 bridgehead atoms. The maximum Gasteiger partial charge on any atom is 0.416 e. The van der Waals surface area contributed by atoms with Crippen LogP contribution in [0.15, 0.2) is 24.7 Å². The molecule has 9 nitrogen and oxygen atoms in total. The number of carbonyl (C=O) groups excluding carboxylic acids is 2. The van der Waals surface area contributed by atoms with Crippen molar-refractivity contribution in [3.05, 3.63) is 40.9 Å². The predicted octanol–water partition coefficient (Wildman–Crippen LogP) is 4.20. The van der Waals surface area contributed by atoms with Gasteiger partial charge in [0.2, 0.25) is 5.95 Å². The van der Waals surface area contributed by atoms with E-state index in [2.05, 4.69) is 34.6 Å². The van der Waals surface area contributed by atoms with Crippen molar-refractivity contribution in [2.45, 2.75) is 38.5 Å². The molecule has 0 N–H and O–H groups in total. The van der Waals surface area contributed by atoms with E-state index in [4.69, 9.17) is 21.1 Å².